The van der Waals surface area contributed by atoms with Crippen molar-refractivity contribution in [3.05, 3.63) is 0 Å². The number of piperazine rings is 1. The van der Waals surface area contributed by atoms with Crippen LogP contribution < -0.4 is 14.9 Å². The van der Waals surface area contributed by atoms with Crippen LogP contribution in [0, 0.1) is 24.7 Å². The molecule has 0 atom stereocenters. The molecule has 1 amide bonds. The molecule has 1 N–H and O–H groups in total. The predicted molar refractivity (Wildman–Crippen MR) is 110 cm³/mol. The lowest BCUT2D eigenvalue weighted by atomic mass is 10.2. The molecular weight excluding hydrogens is 374 g/mol. The van der Waals surface area contributed by atoms with E-state index in [1.165, 1.54) is 7.05 Å². The third kappa shape index (κ3) is 6.13. The van der Waals surface area contributed by atoms with Crippen LogP contribution in [0.4, 0.5) is 22.6 Å². The lowest BCUT2D eigenvalue weighted by Gasteiger charge is -2.35. The van der Waals surface area contributed by atoms with Gasteiger partial charge < -0.3 is 19.4 Å². The number of aromatic nitrogens is 3. The Hall–Kier alpha value is -3.24. The molecule has 0 radical (unpaired) electrons. The van der Waals surface area contributed by atoms with Crippen LogP contribution in [0.3, 0.4) is 0 Å². The Bertz CT molecular complexity index is 783. The molecule has 1 aliphatic rings. The van der Waals surface area contributed by atoms with Crippen LogP contribution in [0.5, 0.6) is 0 Å². The fourth-order valence-electron chi connectivity index (χ4n) is 2.60. The van der Waals surface area contributed by atoms with Gasteiger partial charge in [-0.15, -0.1) is 12.8 Å². The molecule has 1 saturated heterocycles. The summed E-state index contributed by atoms with van der Waals surface area (Å²) < 4.78 is 5.42. The Kier molecular flexibility index (Phi) is 7.08. The van der Waals surface area contributed by atoms with Crippen molar-refractivity contribution < 1.29 is 14.7 Å². The number of carbonyl (C=O) groups is 1. The van der Waals surface area contributed by atoms with Crippen molar-refractivity contribution in [3.8, 4) is 24.7 Å². The molecule has 0 aromatic carbocycles. The highest BCUT2D eigenvalue weighted by molar-refractivity contribution is 5.68. The highest BCUT2D eigenvalue weighted by Gasteiger charge is 2.27. The molecule has 1 aromatic rings. The van der Waals surface area contributed by atoms with Gasteiger partial charge in [0.25, 0.3) is 5.95 Å². The van der Waals surface area contributed by atoms with E-state index in [0.29, 0.717) is 32.1 Å². The van der Waals surface area contributed by atoms with Gasteiger partial charge in [-0.1, -0.05) is 11.8 Å². The summed E-state index contributed by atoms with van der Waals surface area (Å²) in [7, 11) is 1.41. The van der Waals surface area contributed by atoms with Gasteiger partial charge in [0.15, 0.2) is 0 Å². The van der Waals surface area contributed by atoms with Crippen LogP contribution in [-0.4, -0.2) is 83.1 Å². The molecule has 1 fully saturated rings. The van der Waals surface area contributed by atoms with Crippen molar-refractivity contribution in [2.75, 3.05) is 61.2 Å². The van der Waals surface area contributed by atoms with E-state index in [-0.39, 0.29) is 31.1 Å². The van der Waals surface area contributed by atoms with Crippen molar-refractivity contribution >= 4 is 23.9 Å². The molecule has 2 heterocycles. The number of amides is 1. The highest BCUT2D eigenvalue weighted by Crippen LogP contribution is 2.20. The summed E-state index contributed by atoms with van der Waals surface area (Å²) in [5.41, 5.74) is -0.546. The van der Waals surface area contributed by atoms with Gasteiger partial charge in [0.2, 0.25) is 11.9 Å². The van der Waals surface area contributed by atoms with Gasteiger partial charge in [0.05, 0.1) is 13.1 Å². The average molecular weight is 401 g/mol. The second-order valence-corrected chi connectivity index (χ2v) is 7.48. The summed E-state index contributed by atoms with van der Waals surface area (Å²) in [6.45, 7) is 7.85. The third-order valence-electron chi connectivity index (χ3n) is 3.95. The lowest BCUT2D eigenvalue weighted by molar-refractivity contribution is 0.0240. The van der Waals surface area contributed by atoms with Crippen molar-refractivity contribution in [1.82, 2.24) is 19.9 Å². The first-order valence-electron chi connectivity index (χ1n) is 9.18. The van der Waals surface area contributed by atoms with Crippen LogP contribution in [0.15, 0.2) is 0 Å². The normalized spacial score (nSPS) is 14.0. The second-order valence-electron chi connectivity index (χ2n) is 7.48. The summed E-state index contributed by atoms with van der Waals surface area (Å²) in [6.07, 6.45) is 10.5. The van der Waals surface area contributed by atoms with E-state index in [1.807, 2.05) is 25.7 Å². The van der Waals surface area contributed by atoms with Gasteiger partial charge in [-0.3, -0.25) is 5.21 Å². The third-order valence-corrected chi connectivity index (χ3v) is 3.95. The van der Waals surface area contributed by atoms with Crippen LogP contribution >= 0.6 is 0 Å². The SMILES string of the molecule is C#CCN(CC#C)c1nc(N(C)O)nc(N2CCN(C(=O)OC(C)(C)C)CC2)n1. The zero-order chi connectivity index (χ0) is 21.6. The molecule has 29 heavy (non-hydrogen) atoms. The number of anilines is 3. The van der Waals surface area contributed by atoms with Gasteiger partial charge in [-0.05, 0) is 20.8 Å². The Labute approximate surface area is 171 Å². The van der Waals surface area contributed by atoms with Crippen LogP contribution in [-0.2, 0) is 4.74 Å². The molecule has 0 aliphatic carbocycles. The van der Waals surface area contributed by atoms with Gasteiger partial charge in [0, 0.05) is 33.2 Å². The quantitative estimate of drug-likeness (QED) is 0.568. The minimum absolute atomic E-state index is 0.0682. The molecule has 1 aliphatic heterocycles. The molecule has 1 aromatic heterocycles. The van der Waals surface area contributed by atoms with E-state index in [2.05, 4.69) is 26.8 Å². The largest absolute Gasteiger partial charge is 0.444 e. The first-order valence-corrected chi connectivity index (χ1v) is 9.18. The Morgan fingerprint density at radius 1 is 1.10 bits per heavy atom. The summed E-state index contributed by atoms with van der Waals surface area (Å²) in [5.74, 6) is 5.75. The molecule has 10 nitrogen and oxygen atoms in total. The maximum absolute atomic E-state index is 12.2. The minimum atomic E-state index is -0.546. The first-order chi connectivity index (χ1) is 13.6. The zero-order valence-corrected chi connectivity index (χ0v) is 17.3. The van der Waals surface area contributed by atoms with Crippen molar-refractivity contribution in [1.29, 1.82) is 0 Å². The topological polar surface area (TPSA) is 98.2 Å². The van der Waals surface area contributed by atoms with Crippen LogP contribution in [0.1, 0.15) is 20.8 Å². The molecule has 2 rings (SSSR count). The standard InChI is InChI=1S/C19H27N7O3/c1-7-9-24(10-8-2)16-20-15(23(6)28)21-17(22-16)25-11-13-26(14-12-25)18(27)29-19(3,4)5/h1-2,28H,9-14H2,3-6H3. The van der Waals surface area contributed by atoms with E-state index < -0.39 is 5.60 Å². The van der Waals surface area contributed by atoms with E-state index in [9.17, 15) is 10.0 Å². The van der Waals surface area contributed by atoms with E-state index in [1.54, 1.807) is 9.80 Å². The number of carbonyl (C=O) groups excluding carboxylic acids is 1. The van der Waals surface area contributed by atoms with Gasteiger partial charge in [-0.2, -0.15) is 15.0 Å². The molecule has 0 bridgehead atoms. The van der Waals surface area contributed by atoms with Crippen molar-refractivity contribution in [2.45, 2.75) is 26.4 Å². The number of nitrogens with zero attached hydrogens (tertiary/aromatic N) is 7. The smallest absolute Gasteiger partial charge is 0.410 e. The van der Waals surface area contributed by atoms with Crippen LogP contribution in [0.25, 0.3) is 0 Å². The number of hydrogen-bond donors (Lipinski definition) is 1. The molecule has 0 spiro atoms. The average Bonchev–Trinajstić information content (AvgIpc) is 2.66. The Morgan fingerprint density at radius 3 is 2.14 bits per heavy atom. The molecule has 10 heteroatoms. The monoisotopic (exact) mass is 401 g/mol. The lowest BCUT2D eigenvalue weighted by Crippen LogP contribution is -2.50. The van der Waals surface area contributed by atoms with Gasteiger partial charge in [0.1, 0.15) is 5.60 Å². The van der Waals surface area contributed by atoms with Gasteiger partial charge >= 0.3 is 6.09 Å². The summed E-state index contributed by atoms with van der Waals surface area (Å²) in [5, 5.41) is 10.6. The molecular formula is C19H27N7O3. The predicted octanol–water partition coefficient (Wildman–Crippen LogP) is 0.827. The maximum Gasteiger partial charge on any atom is 0.410 e. The number of hydroxylamine groups is 1. The van der Waals surface area contributed by atoms with E-state index in [4.69, 9.17) is 17.6 Å². The maximum atomic E-state index is 12.2. The number of rotatable bonds is 5. The molecule has 0 unspecified atom stereocenters. The minimum Gasteiger partial charge on any atom is -0.444 e. The highest BCUT2D eigenvalue weighted by atomic mass is 16.6. The molecule has 156 valence electrons. The summed E-state index contributed by atoms with van der Waals surface area (Å²) in [6, 6.07) is 0. The van der Waals surface area contributed by atoms with E-state index >= 15 is 0 Å². The van der Waals surface area contributed by atoms with Gasteiger partial charge in [-0.25, -0.2) is 9.86 Å². The number of hydrogen-bond acceptors (Lipinski definition) is 9. The number of ether oxygens (including phenoxy) is 1. The number of terminal acetylenes is 2. The fraction of sp³-hybridized carbons (Fsp3) is 0.579. The summed E-state index contributed by atoms with van der Waals surface area (Å²) >= 11 is 0. The second kappa shape index (κ2) is 9.30. The van der Waals surface area contributed by atoms with E-state index in [0.717, 1.165) is 5.06 Å². The first kappa shape index (κ1) is 22.1. The zero-order valence-electron chi connectivity index (χ0n) is 17.3. The summed E-state index contributed by atoms with van der Waals surface area (Å²) in [4.78, 5) is 30.4. The molecule has 0 saturated carbocycles. The van der Waals surface area contributed by atoms with Crippen molar-refractivity contribution in [2.24, 2.45) is 0 Å². The Balaban J connectivity index is 2.19. The fourth-order valence-corrected chi connectivity index (χ4v) is 2.60. The Morgan fingerprint density at radius 2 is 1.66 bits per heavy atom. The van der Waals surface area contributed by atoms with Crippen molar-refractivity contribution in [3.63, 3.8) is 0 Å². The van der Waals surface area contributed by atoms with Crippen LogP contribution in [0.2, 0.25) is 0 Å².